The zero-order chi connectivity index (χ0) is 24.7. The van der Waals surface area contributed by atoms with Gasteiger partial charge in [0.05, 0.1) is 20.8 Å². The number of fused-ring (bicyclic) bond motifs is 1. The molecule has 0 amide bonds. The molecular weight excluding hydrogens is 529 g/mol. The van der Waals surface area contributed by atoms with Gasteiger partial charge in [-0.15, -0.1) is 11.3 Å². The minimum absolute atomic E-state index is 0.170. The van der Waals surface area contributed by atoms with Gasteiger partial charge in [0, 0.05) is 18.5 Å². The zero-order valence-corrected chi connectivity index (χ0v) is 22.3. The molecule has 1 saturated heterocycles. The number of rotatable bonds is 6. The van der Waals surface area contributed by atoms with Crippen LogP contribution < -0.4 is 10.9 Å². The van der Waals surface area contributed by atoms with Gasteiger partial charge in [-0.25, -0.2) is 14.4 Å². The van der Waals surface area contributed by atoms with Crippen LogP contribution in [0.4, 0.5) is 10.2 Å². The van der Waals surface area contributed by atoms with Crippen molar-refractivity contribution in [2.24, 2.45) is 7.05 Å². The van der Waals surface area contributed by atoms with Crippen LogP contribution in [0.2, 0.25) is 0 Å². The fraction of sp³-hybridized carbons (Fsp3) is 0.346. The highest BCUT2D eigenvalue weighted by atomic mass is 79.9. The number of nitrogens with zero attached hydrogens (tertiary/aromatic N) is 4. The van der Waals surface area contributed by atoms with Crippen LogP contribution >= 0.6 is 27.3 Å². The third kappa shape index (κ3) is 4.77. The van der Waals surface area contributed by atoms with E-state index in [9.17, 15) is 4.79 Å². The molecule has 1 atom stereocenters. The molecule has 5 rings (SSSR count). The first-order chi connectivity index (χ1) is 16.8. The quantitative estimate of drug-likeness (QED) is 0.314. The average Bonchev–Trinajstić information content (AvgIpc) is 3.48. The van der Waals surface area contributed by atoms with E-state index in [4.69, 9.17) is 0 Å². The second-order valence-electron chi connectivity index (χ2n) is 9.04. The normalized spacial score (nSPS) is 15.1. The van der Waals surface area contributed by atoms with Crippen molar-refractivity contribution < 1.29 is 4.39 Å². The number of hydrogen-bond donors (Lipinski definition) is 1. The van der Waals surface area contributed by atoms with Gasteiger partial charge >= 0.3 is 0 Å². The molecule has 0 unspecified atom stereocenters. The van der Waals surface area contributed by atoms with Crippen LogP contribution in [0.25, 0.3) is 21.5 Å². The van der Waals surface area contributed by atoms with Gasteiger partial charge in [-0.1, -0.05) is 24.3 Å². The lowest BCUT2D eigenvalue weighted by molar-refractivity contribution is 0.332. The lowest BCUT2D eigenvalue weighted by Gasteiger charge is -2.17. The molecule has 4 aromatic rings. The van der Waals surface area contributed by atoms with Crippen molar-refractivity contribution in [3.63, 3.8) is 0 Å². The second-order valence-corrected chi connectivity index (χ2v) is 11.0. The highest BCUT2D eigenvalue weighted by Crippen LogP contribution is 2.38. The van der Waals surface area contributed by atoms with Crippen molar-refractivity contribution in [2.45, 2.75) is 39.3 Å². The molecule has 4 heterocycles. The number of pyridine rings is 1. The highest BCUT2D eigenvalue weighted by molar-refractivity contribution is 9.10. The minimum atomic E-state index is -0.326. The largest absolute Gasteiger partial charge is 0.362 e. The molecule has 3 aromatic heterocycles. The summed E-state index contributed by atoms with van der Waals surface area (Å²) < 4.78 is 17.2. The summed E-state index contributed by atoms with van der Waals surface area (Å²) in [4.78, 5) is 25.4. The Kier molecular flexibility index (Phi) is 6.74. The van der Waals surface area contributed by atoms with E-state index in [1.165, 1.54) is 34.3 Å². The van der Waals surface area contributed by atoms with Crippen molar-refractivity contribution in [3.05, 3.63) is 73.3 Å². The molecule has 6 nitrogen and oxygen atoms in total. The molecule has 0 spiro atoms. The predicted octanol–water partition coefficient (Wildman–Crippen LogP) is 6.04. The van der Waals surface area contributed by atoms with Gasteiger partial charge in [-0.05, 0) is 79.0 Å². The lowest BCUT2D eigenvalue weighted by atomic mass is 10.1. The van der Waals surface area contributed by atoms with Gasteiger partial charge in [0.25, 0.3) is 5.56 Å². The van der Waals surface area contributed by atoms with E-state index in [1.54, 1.807) is 26.1 Å². The fourth-order valence-electron chi connectivity index (χ4n) is 4.67. The monoisotopic (exact) mass is 555 g/mol. The summed E-state index contributed by atoms with van der Waals surface area (Å²) in [6.07, 6.45) is 2.48. The molecule has 1 aliphatic rings. The Morgan fingerprint density at radius 1 is 1.20 bits per heavy atom. The predicted molar refractivity (Wildman–Crippen MR) is 143 cm³/mol. The van der Waals surface area contributed by atoms with E-state index in [2.05, 4.69) is 54.3 Å². The first-order valence-electron chi connectivity index (χ1n) is 11.7. The Bertz CT molecular complexity index is 1460. The van der Waals surface area contributed by atoms with E-state index in [0.29, 0.717) is 32.0 Å². The molecule has 182 valence electrons. The highest BCUT2D eigenvalue weighted by Gasteiger charge is 2.21. The Hall–Kier alpha value is -2.62. The SMILES string of the molecule is Cc1nc(N[C@H](C)c2sc(-c3ccccc3CN3CCCC3)cc2F)c2cc(Br)c(=O)n(C)c2n1. The number of nitrogens with one attached hydrogen (secondary N) is 1. The van der Waals surface area contributed by atoms with Gasteiger partial charge in [0.15, 0.2) is 0 Å². The smallest absolute Gasteiger partial charge is 0.266 e. The summed E-state index contributed by atoms with van der Waals surface area (Å²) >= 11 is 4.80. The van der Waals surface area contributed by atoms with Gasteiger partial charge in [0.1, 0.15) is 23.1 Å². The molecule has 0 radical (unpaired) electrons. The van der Waals surface area contributed by atoms with E-state index in [1.807, 2.05) is 13.0 Å². The molecule has 9 heteroatoms. The summed E-state index contributed by atoms with van der Waals surface area (Å²) in [5, 5.41) is 4.07. The number of aromatic nitrogens is 3. The second kappa shape index (κ2) is 9.79. The van der Waals surface area contributed by atoms with Gasteiger partial charge in [0.2, 0.25) is 0 Å². The lowest BCUT2D eigenvalue weighted by Crippen LogP contribution is -2.20. The molecule has 0 bridgehead atoms. The Labute approximate surface area is 216 Å². The van der Waals surface area contributed by atoms with Crippen molar-refractivity contribution >= 4 is 44.1 Å². The number of aryl methyl sites for hydroxylation is 2. The number of benzene rings is 1. The van der Waals surface area contributed by atoms with Gasteiger partial charge in [-0.2, -0.15) is 0 Å². The summed E-state index contributed by atoms with van der Waals surface area (Å²) in [6.45, 7) is 6.83. The molecule has 1 fully saturated rings. The first-order valence-corrected chi connectivity index (χ1v) is 13.3. The molecule has 1 N–H and O–H groups in total. The van der Waals surface area contributed by atoms with Gasteiger partial charge in [-0.3, -0.25) is 14.3 Å². The minimum Gasteiger partial charge on any atom is -0.362 e. The fourth-order valence-corrected chi connectivity index (χ4v) is 6.27. The Balaban J connectivity index is 1.47. The molecule has 0 aliphatic carbocycles. The molecular formula is C26H27BrFN5OS. The van der Waals surface area contributed by atoms with Crippen LogP contribution in [-0.2, 0) is 13.6 Å². The van der Waals surface area contributed by atoms with E-state index in [0.717, 1.165) is 30.1 Å². The average molecular weight is 557 g/mol. The van der Waals surface area contributed by atoms with E-state index >= 15 is 4.39 Å². The number of likely N-dealkylation sites (tertiary alicyclic amines) is 1. The van der Waals surface area contributed by atoms with Crippen molar-refractivity contribution in [3.8, 4) is 10.4 Å². The van der Waals surface area contributed by atoms with Crippen LogP contribution in [0.5, 0.6) is 0 Å². The topological polar surface area (TPSA) is 63.1 Å². The van der Waals surface area contributed by atoms with Crippen molar-refractivity contribution in [2.75, 3.05) is 18.4 Å². The van der Waals surface area contributed by atoms with Crippen molar-refractivity contribution in [1.29, 1.82) is 0 Å². The molecule has 1 aromatic carbocycles. The number of halogens is 2. The van der Waals surface area contributed by atoms with Crippen LogP contribution in [0.3, 0.4) is 0 Å². The van der Waals surface area contributed by atoms with E-state index < -0.39 is 0 Å². The summed E-state index contributed by atoms with van der Waals surface area (Å²) in [5.74, 6) is 0.873. The first kappa shape index (κ1) is 24.1. The van der Waals surface area contributed by atoms with Crippen LogP contribution in [0.1, 0.15) is 42.1 Å². The number of hydrogen-bond acceptors (Lipinski definition) is 6. The third-order valence-corrected chi connectivity index (χ3v) is 8.36. The third-order valence-electron chi connectivity index (χ3n) is 6.47. The maximum Gasteiger partial charge on any atom is 0.266 e. The maximum absolute atomic E-state index is 15.2. The molecule has 35 heavy (non-hydrogen) atoms. The van der Waals surface area contributed by atoms with Crippen LogP contribution in [0, 0.1) is 12.7 Å². The number of anilines is 1. The standard InChI is InChI=1S/C26H27BrFN5OS/c1-15(29-24-19-12-20(27)26(34)32(3)25(19)31-16(2)30-24)23-21(28)13-22(35-23)18-9-5-4-8-17(18)14-33-10-6-7-11-33/h4-5,8-9,12-13,15H,6-7,10-11,14H2,1-3H3,(H,29,30,31)/t15-/m1/s1. The van der Waals surface area contributed by atoms with Crippen LogP contribution in [0.15, 0.2) is 45.7 Å². The summed E-state index contributed by atoms with van der Waals surface area (Å²) in [5.41, 5.74) is 2.68. The summed E-state index contributed by atoms with van der Waals surface area (Å²) in [7, 11) is 1.68. The maximum atomic E-state index is 15.2. The van der Waals surface area contributed by atoms with Crippen LogP contribution in [-0.4, -0.2) is 32.5 Å². The molecule has 1 aliphatic heterocycles. The molecule has 0 saturated carbocycles. The van der Waals surface area contributed by atoms with E-state index in [-0.39, 0.29) is 17.4 Å². The Morgan fingerprint density at radius 3 is 2.71 bits per heavy atom. The van der Waals surface area contributed by atoms with Gasteiger partial charge < -0.3 is 5.32 Å². The zero-order valence-electron chi connectivity index (χ0n) is 19.9. The van der Waals surface area contributed by atoms with Crippen molar-refractivity contribution in [1.82, 2.24) is 19.4 Å². The summed E-state index contributed by atoms with van der Waals surface area (Å²) in [6, 6.07) is 11.3. The number of thiophene rings is 1. The Morgan fingerprint density at radius 2 is 1.94 bits per heavy atom.